The van der Waals surface area contributed by atoms with Crippen LogP contribution < -0.4 is 5.32 Å². The van der Waals surface area contributed by atoms with E-state index in [1.165, 1.54) is 0 Å². The number of esters is 1. The first-order valence-corrected chi connectivity index (χ1v) is 12.4. The van der Waals surface area contributed by atoms with E-state index in [-0.39, 0.29) is 30.4 Å². The Bertz CT molecular complexity index is 910. The third kappa shape index (κ3) is 7.31. The minimum atomic E-state index is -0.794. The molecule has 0 spiro atoms. The molecule has 0 bridgehead atoms. The summed E-state index contributed by atoms with van der Waals surface area (Å²) >= 11 is 0. The summed E-state index contributed by atoms with van der Waals surface area (Å²) < 4.78 is 16.2. The Hall–Kier alpha value is -2.87. The minimum absolute atomic E-state index is 0.149. The molecule has 8 nitrogen and oxygen atoms in total. The summed E-state index contributed by atoms with van der Waals surface area (Å²) in [5, 5.41) is 3.18. The predicted octanol–water partition coefficient (Wildman–Crippen LogP) is 3.98. The third-order valence-corrected chi connectivity index (χ3v) is 6.22. The number of nitrogens with zero attached hydrogens (tertiary/aromatic N) is 1. The molecule has 8 heteroatoms. The van der Waals surface area contributed by atoms with Crippen LogP contribution in [0.5, 0.6) is 0 Å². The van der Waals surface area contributed by atoms with Crippen LogP contribution in [0.15, 0.2) is 42.5 Å². The van der Waals surface area contributed by atoms with Crippen LogP contribution in [0.25, 0.3) is 0 Å². The van der Waals surface area contributed by atoms with Crippen LogP contribution in [0.2, 0.25) is 0 Å². The van der Waals surface area contributed by atoms with Gasteiger partial charge in [0.2, 0.25) is 5.91 Å². The number of amides is 1. The molecule has 0 unspecified atom stereocenters. The van der Waals surface area contributed by atoms with E-state index in [0.717, 1.165) is 12.0 Å². The summed E-state index contributed by atoms with van der Waals surface area (Å²) in [6.07, 6.45) is 5.07. The summed E-state index contributed by atoms with van der Waals surface area (Å²) in [4.78, 5) is 40.2. The van der Waals surface area contributed by atoms with Gasteiger partial charge in [-0.3, -0.25) is 19.8 Å². The van der Waals surface area contributed by atoms with E-state index in [4.69, 9.17) is 14.2 Å². The van der Waals surface area contributed by atoms with Crippen LogP contribution in [0.1, 0.15) is 59.4 Å². The molecule has 1 aliphatic carbocycles. The van der Waals surface area contributed by atoms with Gasteiger partial charge < -0.3 is 14.2 Å². The highest BCUT2D eigenvalue weighted by molar-refractivity contribution is 5.84. The zero-order valence-electron chi connectivity index (χ0n) is 21.4. The highest BCUT2D eigenvalue weighted by Gasteiger charge is 2.47. The van der Waals surface area contributed by atoms with Gasteiger partial charge in [0, 0.05) is 6.42 Å². The molecular weight excluding hydrogens is 448 g/mol. The molecular formula is C27H38N2O6. The van der Waals surface area contributed by atoms with Gasteiger partial charge in [-0.2, -0.15) is 0 Å². The van der Waals surface area contributed by atoms with E-state index >= 15 is 0 Å². The molecule has 1 aliphatic heterocycles. The number of carbonyl (C=O) groups excluding carboxylic acids is 3. The lowest BCUT2D eigenvalue weighted by atomic mass is 10.0. The van der Waals surface area contributed by atoms with E-state index in [9.17, 15) is 14.4 Å². The fourth-order valence-corrected chi connectivity index (χ4v) is 4.65. The monoisotopic (exact) mass is 486 g/mol. The molecule has 0 saturated carbocycles. The first kappa shape index (κ1) is 26.7. The quantitative estimate of drug-likeness (QED) is 0.417. The van der Waals surface area contributed by atoms with Gasteiger partial charge in [-0.25, -0.2) is 4.79 Å². The van der Waals surface area contributed by atoms with Crippen molar-refractivity contribution in [3.05, 3.63) is 48.0 Å². The summed E-state index contributed by atoms with van der Waals surface area (Å²) in [7, 11) is 0. The third-order valence-electron chi connectivity index (χ3n) is 6.22. The van der Waals surface area contributed by atoms with E-state index in [1.54, 1.807) is 39.5 Å². The van der Waals surface area contributed by atoms with E-state index in [0.29, 0.717) is 19.3 Å². The first-order valence-electron chi connectivity index (χ1n) is 12.4. The van der Waals surface area contributed by atoms with Crippen LogP contribution in [-0.4, -0.2) is 59.5 Å². The van der Waals surface area contributed by atoms with E-state index in [1.807, 2.05) is 36.4 Å². The van der Waals surface area contributed by atoms with E-state index in [2.05, 4.69) is 11.4 Å². The highest BCUT2D eigenvalue weighted by atomic mass is 16.7. The molecule has 2 aliphatic rings. The summed E-state index contributed by atoms with van der Waals surface area (Å²) in [6, 6.07) is 8.40. The number of nitrogens with one attached hydrogen (secondary N) is 1. The van der Waals surface area contributed by atoms with Crippen molar-refractivity contribution >= 4 is 18.0 Å². The maximum atomic E-state index is 13.6. The highest BCUT2D eigenvalue weighted by Crippen LogP contribution is 2.38. The zero-order valence-corrected chi connectivity index (χ0v) is 21.4. The van der Waals surface area contributed by atoms with Crippen molar-refractivity contribution in [1.29, 1.82) is 0 Å². The average Bonchev–Trinajstić information content (AvgIpc) is 3.36. The zero-order chi connectivity index (χ0) is 25.6. The van der Waals surface area contributed by atoms with Crippen molar-refractivity contribution in [2.75, 3.05) is 6.61 Å². The molecule has 1 fully saturated rings. The van der Waals surface area contributed by atoms with Crippen LogP contribution in [-0.2, 0) is 30.2 Å². The molecule has 1 N–H and O–H groups in total. The molecule has 1 heterocycles. The molecule has 1 saturated heterocycles. The number of likely N-dealkylation sites (tertiary alicyclic amines) is 1. The number of hydrogen-bond acceptors (Lipinski definition) is 7. The Labute approximate surface area is 208 Å². The van der Waals surface area contributed by atoms with Crippen molar-refractivity contribution < 1.29 is 28.6 Å². The van der Waals surface area contributed by atoms with Crippen LogP contribution in [0.3, 0.4) is 0 Å². The minimum Gasteiger partial charge on any atom is -0.465 e. The lowest BCUT2D eigenvalue weighted by molar-refractivity contribution is -0.148. The number of ether oxygens (including phenoxy) is 3. The molecule has 35 heavy (non-hydrogen) atoms. The molecule has 0 radical (unpaired) electrons. The predicted molar refractivity (Wildman–Crippen MR) is 131 cm³/mol. The van der Waals surface area contributed by atoms with Gasteiger partial charge in [-0.15, -0.1) is 0 Å². The number of hydrogen-bond donors (Lipinski definition) is 1. The van der Waals surface area contributed by atoms with Gasteiger partial charge in [0.05, 0.1) is 18.7 Å². The first-order chi connectivity index (χ1) is 16.6. The van der Waals surface area contributed by atoms with Crippen molar-refractivity contribution in [1.82, 2.24) is 10.2 Å². The fourth-order valence-electron chi connectivity index (χ4n) is 4.65. The number of benzene rings is 1. The maximum absolute atomic E-state index is 13.6. The van der Waals surface area contributed by atoms with Gasteiger partial charge in [0.25, 0.3) is 0 Å². The Morgan fingerprint density at radius 2 is 1.89 bits per heavy atom. The van der Waals surface area contributed by atoms with Crippen molar-refractivity contribution in [2.45, 2.75) is 90.3 Å². The van der Waals surface area contributed by atoms with Crippen molar-refractivity contribution in [3.63, 3.8) is 0 Å². The van der Waals surface area contributed by atoms with Crippen LogP contribution >= 0.6 is 0 Å². The normalized spacial score (nSPS) is 22.9. The van der Waals surface area contributed by atoms with Gasteiger partial charge in [-0.05, 0) is 65.4 Å². The Kier molecular flexibility index (Phi) is 8.94. The SMILES string of the molecule is CCOC(=O)[C@H](CCc1ccccc1)N[C@@H](C)C(=O)N1[C@@H](OC(=O)OC(C)(C)C)C[C@H]2CC=C[C@@H]21. The van der Waals surface area contributed by atoms with Crippen LogP contribution in [0.4, 0.5) is 4.79 Å². The standard InChI is InChI=1S/C27H38N2O6/c1-6-33-25(31)21(16-15-19-11-8-7-9-12-19)28-18(2)24(30)29-22-14-10-13-20(22)17-23(29)34-26(32)35-27(3,4)5/h7-12,14,18,20-23,28H,6,13,15-17H2,1-5H3/t18-,20+,21-,22-,23-/m0/s1. The van der Waals surface area contributed by atoms with Crippen molar-refractivity contribution in [2.24, 2.45) is 5.92 Å². The lowest BCUT2D eigenvalue weighted by Crippen LogP contribution is -2.54. The van der Waals surface area contributed by atoms with Gasteiger partial charge in [-0.1, -0.05) is 42.5 Å². The smallest absolute Gasteiger partial charge is 0.465 e. The van der Waals surface area contributed by atoms with E-state index < -0.39 is 30.1 Å². The molecule has 1 aromatic rings. The fraction of sp³-hybridized carbons (Fsp3) is 0.593. The largest absolute Gasteiger partial charge is 0.510 e. The number of carbonyl (C=O) groups is 3. The molecule has 192 valence electrons. The number of fused-ring (bicyclic) bond motifs is 1. The summed E-state index contributed by atoms with van der Waals surface area (Å²) in [5.41, 5.74) is 0.410. The second-order valence-electron chi connectivity index (χ2n) is 10.1. The lowest BCUT2D eigenvalue weighted by Gasteiger charge is -2.32. The Morgan fingerprint density at radius 1 is 1.17 bits per heavy atom. The number of aryl methyl sites for hydroxylation is 1. The van der Waals surface area contributed by atoms with Gasteiger partial charge >= 0.3 is 12.1 Å². The van der Waals surface area contributed by atoms with Gasteiger partial charge in [0.15, 0.2) is 6.23 Å². The van der Waals surface area contributed by atoms with Crippen molar-refractivity contribution in [3.8, 4) is 0 Å². The second-order valence-corrected chi connectivity index (χ2v) is 10.1. The summed E-state index contributed by atoms with van der Waals surface area (Å²) in [5.74, 6) is -0.422. The Morgan fingerprint density at radius 3 is 2.54 bits per heavy atom. The van der Waals surface area contributed by atoms with Gasteiger partial charge in [0.1, 0.15) is 11.6 Å². The van der Waals surface area contributed by atoms with Crippen LogP contribution in [0, 0.1) is 5.92 Å². The average molecular weight is 487 g/mol. The molecule has 5 atom stereocenters. The Balaban J connectivity index is 1.70. The number of allylic oxidation sites excluding steroid dienone is 1. The maximum Gasteiger partial charge on any atom is 0.510 e. The summed E-state index contributed by atoms with van der Waals surface area (Å²) in [6.45, 7) is 9.04. The molecule has 3 rings (SSSR count). The molecule has 0 aromatic heterocycles. The molecule has 1 amide bonds. The topological polar surface area (TPSA) is 94.2 Å². The number of rotatable bonds is 9. The second kappa shape index (κ2) is 11.7. The molecule has 1 aromatic carbocycles.